The van der Waals surface area contributed by atoms with Gasteiger partial charge in [0.25, 0.3) is 0 Å². The van der Waals surface area contributed by atoms with Gasteiger partial charge in [0.05, 0.1) is 11.4 Å². The van der Waals surface area contributed by atoms with Gasteiger partial charge in [-0.05, 0) is 49.1 Å². The highest BCUT2D eigenvalue weighted by Crippen LogP contribution is 2.36. The molecule has 0 bridgehead atoms. The Bertz CT molecular complexity index is 1260. The highest BCUT2D eigenvalue weighted by molar-refractivity contribution is 7.91. The van der Waals surface area contributed by atoms with Crippen molar-refractivity contribution in [2.24, 2.45) is 11.1 Å². The predicted octanol–water partition coefficient (Wildman–Crippen LogP) is 2.40. The van der Waals surface area contributed by atoms with Gasteiger partial charge in [0.1, 0.15) is 12.0 Å². The van der Waals surface area contributed by atoms with E-state index in [1.807, 2.05) is 37.2 Å². The van der Waals surface area contributed by atoms with Crippen LogP contribution >= 0.6 is 11.3 Å². The normalized spacial score (nSPS) is 16.6. The summed E-state index contributed by atoms with van der Waals surface area (Å²) in [5, 5.41) is 16.7. The Kier molecular flexibility index (Phi) is 5.97. The second kappa shape index (κ2) is 8.43. The molecule has 3 aromatic rings. The van der Waals surface area contributed by atoms with E-state index in [0.717, 1.165) is 34.8 Å². The number of thiazole rings is 1. The first-order valence-corrected chi connectivity index (χ1v) is 12.6. The lowest BCUT2D eigenvalue weighted by Gasteiger charge is -2.27. The number of hydrogen-bond donors (Lipinski definition) is 2. The summed E-state index contributed by atoms with van der Waals surface area (Å²) in [6, 6.07) is 12.3. The van der Waals surface area contributed by atoms with Crippen molar-refractivity contribution in [3.63, 3.8) is 0 Å². The van der Waals surface area contributed by atoms with Crippen molar-refractivity contribution in [2.75, 3.05) is 30.9 Å². The predicted molar refractivity (Wildman–Crippen MR) is 128 cm³/mol. The SMILES string of the molecule is Cc1nc(N(C)C(O)C2Cc3ccc(-c4cccc(N(C)C)n4)cc3C2)sc1S(N)(=O)=O. The average molecular weight is 474 g/mol. The lowest BCUT2D eigenvalue weighted by molar-refractivity contribution is 0.113. The zero-order valence-electron chi connectivity index (χ0n) is 18.5. The Morgan fingerprint density at radius 3 is 2.50 bits per heavy atom. The average Bonchev–Trinajstić information content (AvgIpc) is 3.35. The second-order valence-corrected chi connectivity index (χ2v) is 11.1. The van der Waals surface area contributed by atoms with Gasteiger partial charge in [-0.25, -0.2) is 23.5 Å². The minimum absolute atomic E-state index is 0.0263. The summed E-state index contributed by atoms with van der Waals surface area (Å²) in [5.41, 5.74) is 4.70. The first-order chi connectivity index (χ1) is 15.0. The Balaban J connectivity index is 1.53. The maximum absolute atomic E-state index is 11.7. The van der Waals surface area contributed by atoms with Crippen LogP contribution in [0.15, 0.2) is 40.6 Å². The van der Waals surface area contributed by atoms with E-state index in [4.69, 9.17) is 10.1 Å². The van der Waals surface area contributed by atoms with E-state index in [-0.39, 0.29) is 10.1 Å². The molecule has 3 N–H and O–H groups in total. The topological polar surface area (TPSA) is 113 Å². The molecule has 2 atom stereocenters. The third kappa shape index (κ3) is 4.36. The molecule has 0 aliphatic heterocycles. The van der Waals surface area contributed by atoms with Crippen LogP contribution in [0.3, 0.4) is 0 Å². The van der Waals surface area contributed by atoms with Crippen LogP contribution in [-0.2, 0) is 22.9 Å². The minimum atomic E-state index is -3.84. The van der Waals surface area contributed by atoms with Crippen LogP contribution in [-0.4, -0.2) is 50.9 Å². The molecule has 1 aliphatic carbocycles. The largest absolute Gasteiger partial charge is 0.373 e. The van der Waals surface area contributed by atoms with Gasteiger partial charge >= 0.3 is 0 Å². The number of benzene rings is 1. The molecular formula is C22H27N5O3S2. The first-order valence-electron chi connectivity index (χ1n) is 10.2. The van der Waals surface area contributed by atoms with Gasteiger partial charge in [0.15, 0.2) is 9.34 Å². The van der Waals surface area contributed by atoms with Crippen molar-refractivity contribution in [3.05, 3.63) is 53.2 Å². The summed E-state index contributed by atoms with van der Waals surface area (Å²) >= 11 is 0.978. The molecule has 2 heterocycles. The molecule has 0 saturated carbocycles. The minimum Gasteiger partial charge on any atom is -0.373 e. The van der Waals surface area contributed by atoms with Gasteiger partial charge in [-0.2, -0.15) is 0 Å². The lowest BCUT2D eigenvalue weighted by atomic mass is 10.0. The van der Waals surface area contributed by atoms with Crippen LogP contribution < -0.4 is 14.9 Å². The van der Waals surface area contributed by atoms with Gasteiger partial charge in [0.2, 0.25) is 10.0 Å². The van der Waals surface area contributed by atoms with Crippen molar-refractivity contribution < 1.29 is 13.5 Å². The molecule has 0 fully saturated rings. The number of nitrogens with zero attached hydrogens (tertiary/aromatic N) is 4. The number of nitrogens with two attached hydrogens (primary N) is 1. The molecule has 1 aliphatic rings. The highest BCUT2D eigenvalue weighted by atomic mass is 32.2. The monoisotopic (exact) mass is 473 g/mol. The van der Waals surface area contributed by atoms with Crippen LogP contribution in [0, 0.1) is 12.8 Å². The van der Waals surface area contributed by atoms with Crippen molar-refractivity contribution in [2.45, 2.75) is 30.2 Å². The number of fused-ring (bicyclic) bond motifs is 1. The van der Waals surface area contributed by atoms with E-state index in [1.54, 1.807) is 18.9 Å². The summed E-state index contributed by atoms with van der Waals surface area (Å²) in [5.74, 6) is 0.865. The number of aliphatic hydroxyl groups excluding tert-OH is 1. The molecule has 0 amide bonds. The standard InChI is InChI=1S/C22H27N5O3S2/c1-13-21(32(23,29)30)31-22(24-13)27(4)20(28)17-10-14-8-9-15(11-16(14)12-17)18-6-5-7-19(25-18)26(2)3/h5-9,11,17,20,28H,10,12H2,1-4H3,(H2,23,29,30). The lowest BCUT2D eigenvalue weighted by Crippen LogP contribution is -2.38. The number of rotatable bonds is 6. The molecule has 8 nitrogen and oxygen atoms in total. The summed E-state index contributed by atoms with van der Waals surface area (Å²) in [6.07, 6.45) is 0.646. The fourth-order valence-corrected chi connectivity index (χ4v) is 6.01. The number of aryl methyl sites for hydroxylation is 1. The number of pyridine rings is 1. The van der Waals surface area contributed by atoms with Crippen LogP contribution in [0.4, 0.5) is 10.9 Å². The van der Waals surface area contributed by atoms with E-state index in [9.17, 15) is 13.5 Å². The molecule has 32 heavy (non-hydrogen) atoms. The highest BCUT2D eigenvalue weighted by Gasteiger charge is 2.32. The van der Waals surface area contributed by atoms with E-state index >= 15 is 0 Å². The number of aliphatic hydroxyl groups is 1. The third-order valence-electron chi connectivity index (χ3n) is 5.78. The van der Waals surface area contributed by atoms with Crippen molar-refractivity contribution in [1.29, 1.82) is 0 Å². The van der Waals surface area contributed by atoms with E-state index in [0.29, 0.717) is 17.2 Å². The number of anilines is 2. The quantitative estimate of drug-likeness (QED) is 0.529. The summed E-state index contributed by atoms with van der Waals surface area (Å²) in [7, 11) is 1.82. The smallest absolute Gasteiger partial charge is 0.249 e. The van der Waals surface area contributed by atoms with Crippen LogP contribution in [0.2, 0.25) is 0 Å². The fourth-order valence-electron chi connectivity index (χ4n) is 4.07. The maximum atomic E-state index is 11.7. The maximum Gasteiger partial charge on any atom is 0.249 e. The van der Waals surface area contributed by atoms with Gasteiger partial charge in [-0.1, -0.05) is 29.5 Å². The first kappa shape index (κ1) is 22.7. The molecule has 1 aromatic carbocycles. The molecule has 4 rings (SSSR count). The van der Waals surface area contributed by atoms with Crippen molar-refractivity contribution >= 4 is 32.3 Å². The molecule has 0 saturated heterocycles. The number of primary sulfonamides is 1. The van der Waals surface area contributed by atoms with Crippen molar-refractivity contribution in [1.82, 2.24) is 9.97 Å². The molecule has 170 valence electrons. The zero-order chi connectivity index (χ0) is 23.2. The fraction of sp³-hybridized carbons (Fsp3) is 0.364. The zero-order valence-corrected chi connectivity index (χ0v) is 20.1. The third-order valence-corrected chi connectivity index (χ3v) is 8.58. The van der Waals surface area contributed by atoms with Crippen LogP contribution in [0.5, 0.6) is 0 Å². The second-order valence-electron chi connectivity index (χ2n) is 8.37. The Morgan fingerprint density at radius 2 is 1.84 bits per heavy atom. The molecule has 0 spiro atoms. The molecule has 10 heteroatoms. The van der Waals surface area contributed by atoms with Gasteiger partial charge < -0.3 is 14.9 Å². The van der Waals surface area contributed by atoms with Gasteiger partial charge in [0, 0.05) is 32.6 Å². The van der Waals surface area contributed by atoms with Gasteiger partial charge in [-0.3, -0.25) is 0 Å². The van der Waals surface area contributed by atoms with Crippen LogP contribution in [0.1, 0.15) is 16.8 Å². The Hall–Kier alpha value is -2.53. The summed E-state index contributed by atoms with van der Waals surface area (Å²) in [6.45, 7) is 1.60. The Labute approximate surface area is 192 Å². The van der Waals surface area contributed by atoms with E-state index in [2.05, 4.69) is 23.2 Å². The molecule has 0 radical (unpaired) electrons. The summed E-state index contributed by atoms with van der Waals surface area (Å²) in [4.78, 5) is 12.6. The molecular weight excluding hydrogens is 446 g/mol. The van der Waals surface area contributed by atoms with E-state index < -0.39 is 16.3 Å². The van der Waals surface area contributed by atoms with Crippen molar-refractivity contribution in [3.8, 4) is 11.3 Å². The number of aromatic nitrogens is 2. The Morgan fingerprint density at radius 1 is 1.12 bits per heavy atom. The molecule has 2 unspecified atom stereocenters. The number of sulfonamides is 1. The van der Waals surface area contributed by atoms with Gasteiger partial charge in [-0.15, -0.1) is 0 Å². The van der Waals surface area contributed by atoms with Crippen LogP contribution in [0.25, 0.3) is 11.3 Å². The molecule has 2 aromatic heterocycles. The van der Waals surface area contributed by atoms with E-state index in [1.165, 1.54) is 11.1 Å². The number of hydrogen-bond acceptors (Lipinski definition) is 8. The summed E-state index contributed by atoms with van der Waals surface area (Å²) < 4.78 is 23.5.